The molecule has 17 heavy (non-hydrogen) atoms. The molecule has 1 fully saturated rings. The summed E-state index contributed by atoms with van der Waals surface area (Å²) in [5.41, 5.74) is 0.719. The lowest BCUT2D eigenvalue weighted by Gasteiger charge is -2.34. The van der Waals surface area contributed by atoms with Crippen LogP contribution >= 0.6 is 0 Å². The highest BCUT2D eigenvalue weighted by Crippen LogP contribution is 2.23. The Hall–Kier alpha value is -1.16. The molecule has 0 N–H and O–H groups in total. The lowest BCUT2D eigenvalue weighted by Crippen LogP contribution is -2.39. The summed E-state index contributed by atoms with van der Waals surface area (Å²) in [5.74, 6) is 0.0934. The van der Waals surface area contributed by atoms with Crippen molar-refractivity contribution in [3.63, 3.8) is 0 Å². The molecule has 4 nitrogen and oxygen atoms in total. The summed E-state index contributed by atoms with van der Waals surface area (Å²) in [6, 6.07) is 1.08. The minimum absolute atomic E-state index is 0.0934. The van der Waals surface area contributed by atoms with Gasteiger partial charge in [-0.15, -0.1) is 0 Å². The molecule has 1 aliphatic heterocycles. The average Bonchev–Trinajstić information content (AvgIpc) is 2.78. The van der Waals surface area contributed by atoms with E-state index in [9.17, 15) is 4.79 Å². The van der Waals surface area contributed by atoms with Crippen molar-refractivity contribution in [2.45, 2.75) is 45.7 Å². The van der Waals surface area contributed by atoms with E-state index >= 15 is 0 Å². The van der Waals surface area contributed by atoms with E-state index in [-0.39, 0.29) is 5.78 Å². The summed E-state index contributed by atoms with van der Waals surface area (Å²) in [6.07, 6.45) is 5.81. The first-order valence-corrected chi connectivity index (χ1v) is 6.37. The van der Waals surface area contributed by atoms with E-state index in [1.807, 2.05) is 10.9 Å². The number of aromatic nitrogens is 2. The number of piperidine rings is 1. The Morgan fingerprint density at radius 3 is 2.53 bits per heavy atom. The lowest BCUT2D eigenvalue weighted by molar-refractivity contribution is 0.101. The van der Waals surface area contributed by atoms with Crippen LogP contribution in [-0.2, 0) is 0 Å². The second-order valence-electron chi connectivity index (χ2n) is 5.13. The zero-order valence-corrected chi connectivity index (χ0v) is 10.9. The monoisotopic (exact) mass is 235 g/mol. The highest BCUT2D eigenvalue weighted by atomic mass is 16.1. The molecule has 1 aliphatic rings. The van der Waals surface area contributed by atoms with Gasteiger partial charge in [0.2, 0.25) is 0 Å². The maximum atomic E-state index is 11.2. The molecule has 0 spiro atoms. The molecule has 2 rings (SSSR count). The van der Waals surface area contributed by atoms with Crippen LogP contribution < -0.4 is 0 Å². The summed E-state index contributed by atoms with van der Waals surface area (Å²) in [4.78, 5) is 13.7. The predicted octanol–water partition coefficient (Wildman–Crippen LogP) is 2.13. The molecule has 0 radical (unpaired) electrons. The van der Waals surface area contributed by atoms with Crippen molar-refractivity contribution in [3.8, 4) is 0 Å². The molecule has 0 aliphatic carbocycles. The van der Waals surface area contributed by atoms with E-state index in [0.717, 1.165) is 31.5 Å². The highest BCUT2D eigenvalue weighted by Gasteiger charge is 2.22. The number of rotatable bonds is 3. The number of carbonyl (C=O) groups excluding carboxylic acids is 1. The molecule has 0 bridgehead atoms. The van der Waals surface area contributed by atoms with Gasteiger partial charge in [0.25, 0.3) is 0 Å². The van der Waals surface area contributed by atoms with Crippen LogP contribution in [0.2, 0.25) is 0 Å². The van der Waals surface area contributed by atoms with Gasteiger partial charge in [-0.3, -0.25) is 9.48 Å². The highest BCUT2D eigenvalue weighted by molar-refractivity contribution is 5.93. The third-order valence-corrected chi connectivity index (χ3v) is 3.61. The van der Waals surface area contributed by atoms with Crippen LogP contribution in [0.4, 0.5) is 0 Å². The molecule has 2 heterocycles. The van der Waals surface area contributed by atoms with Crippen molar-refractivity contribution >= 4 is 5.78 Å². The van der Waals surface area contributed by atoms with Gasteiger partial charge in [-0.2, -0.15) is 5.10 Å². The van der Waals surface area contributed by atoms with Crippen LogP contribution in [0.1, 0.15) is 50.0 Å². The van der Waals surface area contributed by atoms with Gasteiger partial charge < -0.3 is 4.90 Å². The number of nitrogens with zero attached hydrogens (tertiary/aromatic N) is 3. The Kier molecular flexibility index (Phi) is 3.62. The van der Waals surface area contributed by atoms with E-state index in [0.29, 0.717) is 12.1 Å². The fourth-order valence-electron chi connectivity index (χ4n) is 2.39. The first-order valence-electron chi connectivity index (χ1n) is 6.37. The summed E-state index contributed by atoms with van der Waals surface area (Å²) in [5, 5.41) is 4.31. The molecule has 0 atom stereocenters. The predicted molar refractivity (Wildman–Crippen MR) is 67.2 cm³/mol. The molecule has 94 valence electrons. The van der Waals surface area contributed by atoms with Gasteiger partial charge in [0.05, 0.1) is 17.8 Å². The van der Waals surface area contributed by atoms with Crippen molar-refractivity contribution in [1.82, 2.24) is 14.7 Å². The Balaban J connectivity index is 1.98. The van der Waals surface area contributed by atoms with Gasteiger partial charge in [-0.25, -0.2) is 0 Å². The largest absolute Gasteiger partial charge is 0.301 e. The maximum absolute atomic E-state index is 11.2. The summed E-state index contributed by atoms with van der Waals surface area (Å²) in [7, 11) is 0. The fourth-order valence-corrected chi connectivity index (χ4v) is 2.39. The molecule has 1 aromatic rings. The average molecular weight is 235 g/mol. The van der Waals surface area contributed by atoms with Gasteiger partial charge in [-0.1, -0.05) is 0 Å². The quantitative estimate of drug-likeness (QED) is 0.753. The van der Waals surface area contributed by atoms with Crippen molar-refractivity contribution in [2.75, 3.05) is 13.1 Å². The van der Waals surface area contributed by atoms with E-state index < -0.39 is 0 Å². The van der Waals surface area contributed by atoms with Crippen molar-refractivity contribution < 1.29 is 4.79 Å². The summed E-state index contributed by atoms with van der Waals surface area (Å²) in [6.45, 7) is 8.31. The topological polar surface area (TPSA) is 38.1 Å². The van der Waals surface area contributed by atoms with E-state index in [1.165, 1.54) is 0 Å². The van der Waals surface area contributed by atoms with Gasteiger partial charge in [0, 0.05) is 25.3 Å². The van der Waals surface area contributed by atoms with Crippen LogP contribution in [-0.4, -0.2) is 39.6 Å². The van der Waals surface area contributed by atoms with Crippen molar-refractivity contribution in [3.05, 3.63) is 18.0 Å². The number of likely N-dealkylation sites (tertiary alicyclic amines) is 1. The lowest BCUT2D eigenvalue weighted by atomic mass is 10.0. The van der Waals surface area contributed by atoms with E-state index in [2.05, 4.69) is 23.8 Å². The molecular weight excluding hydrogens is 214 g/mol. The van der Waals surface area contributed by atoms with E-state index in [4.69, 9.17) is 0 Å². The minimum atomic E-state index is 0.0934. The molecule has 4 heteroatoms. The van der Waals surface area contributed by atoms with Crippen LogP contribution in [0.15, 0.2) is 12.4 Å². The van der Waals surface area contributed by atoms with Gasteiger partial charge in [0.15, 0.2) is 5.78 Å². The first kappa shape index (κ1) is 12.3. The van der Waals surface area contributed by atoms with Crippen LogP contribution in [0, 0.1) is 0 Å². The Morgan fingerprint density at radius 1 is 1.41 bits per heavy atom. The van der Waals surface area contributed by atoms with Crippen molar-refractivity contribution in [1.29, 1.82) is 0 Å². The van der Waals surface area contributed by atoms with E-state index in [1.54, 1.807) is 13.1 Å². The first-order chi connectivity index (χ1) is 8.08. The molecule has 0 amide bonds. The molecule has 1 saturated heterocycles. The van der Waals surface area contributed by atoms with Gasteiger partial charge in [0.1, 0.15) is 0 Å². The van der Waals surface area contributed by atoms with Gasteiger partial charge in [-0.05, 0) is 33.6 Å². The number of hydrogen-bond donors (Lipinski definition) is 0. The number of carbonyl (C=O) groups is 1. The smallest absolute Gasteiger partial charge is 0.162 e. The normalized spacial score (nSPS) is 18.8. The maximum Gasteiger partial charge on any atom is 0.162 e. The standard InChI is InChI=1S/C13H21N3O/c1-10(2)15-6-4-13(5-7-15)16-9-12(8-14-16)11(3)17/h8-10,13H,4-7H2,1-3H3. The Morgan fingerprint density at radius 2 is 2.06 bits per heavy atom. The fraction of sp³-hybridized carbons (Fsp3) is 0.692. The second-order valence-corrected chi connectivity index (χ2v) is 5.13. The van der Waals surface area contributed by atoms with Crippen molar-refractivity contribution in [2.24, 2.45) is 0 Å². The summed E-state index contributed by atoms with van der Waals surface area (Å²) >= 11 is 0. The number of ketones is 1. The SMILES string of the molecule is CC(=O)c1cnn(C2CCN(C(C)C)CC2)c1. The molecule has 0 aromatic carbocycles. The molecule has 0 unspecified atom stereocenters. The Bertz CT molecular complexity index is 389. The zero-order valence-electron chi connectivity index (χ0n) is 10.9. The number of Topliss-reactive ketones (excluding diaryl/α,β-unsaturated/α-hetero) is 1. The third kappa shape index (κ3) is 2.75. The zero-order chi connectivity index (χ0) is 12.4. The molecular formula is C13H21N3O. The van der Waals surface area contributed by atoms with Crippen LogP contribution in [0.25, 0.3) is 0 Å². The Labute approximate surface area is 103 Å². The molecule has 0 saturated carbocycles. The summed E-state index contributed by atoms with van der Waals surface area (Å²) < 4.78 is 1.97. The second kappa shape index (κ2) is 5.00. The number of hydrogen-bond acceptors (Lipinski definition) is 3. The minimum Gasteiger partial charge on any atom is -0.301 e. The van der Waals surface area contributed by atoms with Crippen LogP contribution in [0.5, 0.6) is 0 Å². The molecule has 1 aromatic heterocycles. The third-order valence-electron chi connectivity index (χ3n) is 3.61. The van der Waals surface area contributed by atoms with Gasteiger partial charge >= 0.3 is 0 Å². The van der Waals surface area contributed by atoms with Crippen LogP contribution in [0.3, 0.4) is 0 Å².